The maximum Gasteiger partial charge on any atom is 0.246 e. The van der Waals surface area contributed by atoms with Gasteiger partial charge in [0.2, 0.25) is 11.8 Å². The Balaban J connectivity index is 1.74. The maximum absolute atomic E-state index is 12.9. The Labute approximate surface area is 159 Å². The molecule has 0 bridgehead atoms. The van der Waals surface area contributed by atoms with E-state index in [2.05, 4.69) is 20.8 Å². The Morgan fingerprint density at radius 1 is 1.04 bits per heavy atom. The first kappa shape index (κ1) is 18.8. The van der Waals surface area contributed by atoms with Crippen LogP contribution in [0, 0.1) is 0 Å². The number of carbonyl (C=O) groups is 1. The second-order valence-corrected chi connectivity index (χ2v) is 7.35. The molecule has 3 rings (SSSR count). The Morgan fingerprint density at radius 3 is 2.26 bits per heavy atom. The molecule has 2 N–H and O–H groups in total. The van der Waals surface area contributed by atoms with Crippen molar-refractivity contribution in [2.24, 2.45) is 0 Å². The van der Waals surface area contributed by atoms with Crippen molar-refractivity contribution >= 4 is 11.6 Å². The summed E-state index contributed by atoms with van der Waals surface area (Å²) >= 11 is 0. The summed E-state index contributed by atoms with van der Waals surface area (Å²) in [5.41, 5.74) is 1.40. The van der Waals surface area contributed by atoms with Crippen LogP contribution in [0.2, 0.25) is 0 Å². The molecule has 0 spiro atoms. The summed E-state index contributed by atoms with van der Waals surface area (Å²) in [6.07, 6.45) is 0. The van der Waals surface area contributed by atoms with Gasteiger partial charge in [0.15, 0.2) is 5.82 Å². The predicted octanol–water partition coefficient (Wildman–Crippen LogP) is 3.84. The van der Waals surface area contributed by atoms with E-state index in [4.69, 9.17) is 4.52 Å². The maximum atomic E-state index is 12.9. The van der Waals surface area contributed by atoms with Crippen molar-refractivity contribution in [3.05, 3.63) is 77.9 Å². The average molecular weight is 364 g/mol. The number of para-hydroxylation sites is 1. The molecule has 6 nitrogen and oxygen atoms in total. The van der Waals surface area contributed by atoms with Crippen LogP contribution in [-0.4, -0.2) is 16.0 Å². The SMILES string of the molecule is CC(C)(C)c1nc(CN[C@@H](C(=O)Nc2ccccc2)c2ccccc2)no1. The van der Waals surface area contributed by atoms with Crippen molar-refractivity contribution in [2.45, 2.75) is 38.8 Å². The van der Waals surface area contributed by atoms with Gasteiger partial charge < -0.3 is 9.84 Å². The van der Waals surface area contributed by atoms with E-state index < -0.39 is 6.04 Å². The van der Waals surface area contributed by atoms with Crippen molar-refractivity contribution in [3.63, 3.8) is 0 Å². The third kappa shape index (κ3) is 5.01. The molecule has 0 unspecified atom stereocenters. The van der Waals surface area contributed by atoms with Crippen molar-refractivity contribution < 1.29 is 9.32 Å². The lowest BCUT2D eigenvalue weighted by molar-refractivity contribution is -0.118. The highest BCUT2D eigenvalue weighted by Crippen LogP contribution is 2.20. The second-order valence-electron chi connectivity index (χ2n) is 7.35. The van der Waals surface area contributed by atoms with Crippen LogP contribution in [0.3, 0.4) is 0 Å². The van der Waals surface area contributed by atoms with Gasteiger partial charge in [0, 0.05) is 11.1 Å². The molecule has 6 heteroatoms. The molecule has 0 saturated heterocycles. The molecule has 1 amide bonds. The predicted molar refractivity (Wildman–Crippen MR) is 104 cm³/mol. The zero-order valence-electron chi connectivity index (χ0n) is 15.8. The largest absolute Gasteiger partial charge is 0.339 e. The minimum atomic E-state index is -0.539. The Hall–Kier alpha value is -2.99. The molecule has 1 heterocycles. The van der Waals surface area contributed by atoms with E-state index in [0.29, 0.717) is 18.3 Å². The highest BCUT2D eigenvalue weighted by molar-refractivity contribution is 5.95. The van der Waals surface area contributed by atoms with Crippen LogP contribution in [0.25, 0.3) is 0 Å². The van der Waals surface area contributed by atoms with Crippen LogP contribution in [-0.2, 0) is 16.8 Å². The molecular weight excluding hydrogens is 340 g/mol. The summed E-state index contributed by atoms with van der Waals surface area (Å²) in [7, 11) is 0. The molecular formula is C21H24N4O2. The normalized spacial score (nSPS) is 12.6. The van der Waals surface area contributed by atoms with E-state index in [1.807, 2.05) is 81.4 Å². The minimum absolute atomic E-state index is 0.146. The fourth-order valence-electron chi connectivity index (χ4n) is 2.57. The summed E-state index contributed by atoms with van der Waals surface area (Å²) in [5.74, 6) is 0.949. The minimum Gasteiger partial charge on any atom is -0.339 e. The lowest BCUT2D eigenvalue weighted by Gasteiger charge is -2.18. The quantitative estimate of drug-likeness (QED) is 0.695. The molecule has 1 aromatic heterocycles. The molecule has 1 atom stereocenters. The number of nitrogens with zero attached hydrogens (tertiary/aromatic N) is 2. The topological polar surface area (TPSA) is 80.0 Å². The van der Waals surface area contributed by atoms with E-state index in [-0.39, 0.29) is 11.3 Å². The number of carbonyl (C=O) groups excluding carboxylic acids is 1. The van der Waals surface area contributed by atoms with Crippen LogP contribution in [0.15, 0.2) is 65.2 Å². The van der Waals surface area contributed by atoms with Crippen LogP contribution >= 0.6 is 0 Å². The van der Waals surface area contributed by atoms with E-state index in [1.54, 1.807) is 0 Å². The monoisotopic (exact) mass is 364 g/mol. The first-order valence-corrected chi connectivity index (χ1v) is 8.91. The number of anilines is 1. The summed E-state index contributed by atoms with van der Waals surface area (Å²) in [6, 6.07) is 18.4. The molecule has 0 aliphatic rings. The Morgan fingerprint density at radius 2 is 1.67 bits per heavy atom. The fraction of sp³-hybridized carbons (Fsp3) is 0.286. The van der Waals surface area contributed by atoms with Crippen LogP contribution < -0.4 is 10.6 Å². The van der Waals surface area contributed by atoms with Gasteiger partial charge in [0.1, 0.15) is 6.04 Å². The number of hydrogen-bond donors (Lipinski definition) is 2. The first-order chi connectivity index (χ1) is 12.9. The van der Waals surface area contributed by atoms with Gasteiger partial charge in [-0.1, -0.05) is 74.5 Å². The van der Waals surface area contributed by atoms with Gasteiger partial charge in [-0.15, -0.1) is 0 Å². The van der Waals surface area contributed by atoms with Crippen LogP contribution in [0.1, 0.15) is 44.1 Å². The van der Waals surface area contributed by atoms with Gasteiger partial charge in [0.25, 0.3) is 0 Å². The van der Waals surface area contributed by atoms with Crippen molar-refractivity contribution in [1.29, 1.82) is 0 Å². The number of hydrogen-bond acceptors (Lipinski definition) is 5. The van der Waals surface area contributed by atoms with E-state index in [0.717, 1.165) is 11.3 Å². The summed E-state index contributed by atoms with van der Waals surface area (Å²) in [4.78, 5) is 17.3. The average Bonchev–Trinajstić information content (AvgIpc) is 3.13. The van der Waals surface area contributed by atoms with E-state index in [9.17, 15) is 4.79 Å². The van der Waals surface area contributed by atoms with Crippen LogP contribution in [0.5, 0.6) is 0 Å². The number of benzene rings is 2. The molecule has 140 valence electrons. The van der Waals surface area contributed by atoms with Gasteiger partial charge in [-0.3, -0.25) is 10.1 Å². The fourth-order valence-corrected chi connectivity index (χ4v) is 2.57. The lowest BCUT2D eigenvalue weighted by Crippen LogP contribution is -2.33. The van der Waals surface area contributed by atoms with Crippen molar-refractivity contribution in [1.82, 2.24) is 15.5 Å². The molecule has 27 heavy (non-hydrogen) atoms. The van der Waals surface area contributed by atoms with Gasteiger partial charge in [-0.05, 0) is 17.7 Å². The Bertz CT molecular complexity index is 870. The lowest BCUT2D eigenvalue weighted by atomic mass is 9.97. The van der Waals surface area contributed by atoms with E-state index in [1.165, 1.54) is 0 Å². The third-order valence-electron chi connectivity index (χ3n) is 4.01. The molecule has 2 aromatic carbocycles. The summed E-state index contributed by atoms with van der Waals surface area (Å²) < 4.78 is 5.32. The van der Waals surface area contributed by atoms with Crippen molar-refractivity contribution in [2.75, 3.05) is 5.32 Å². The molecule has 0 aliphatic heterocycles. The highest BCUT2D eigenvalue weighted by atomic mass is 16.5. The second kappa shape index (κ2) is 8.14. The van der Waals surface area contributed by atoms with Gasteiger partial charge in [-0.25, -0.2) is 0 Å². The highest BCUT2D eigenvalue weighted by Gasteiger charge is 2.24. The molecule has 0 aliphatic carbocycles. The van der Waals surface area contributed by atoms with E-state index >= 15 is 0 Å². The summed E-state index contributed by atoms with van der Waals surface area (Å²) in [5, 5.41) is 10.2. The third-order valence-corrected chi connectivity index (χ3v) is 4.01. The smallest absolute Gasteiger partial charge is 0.246 e. The standard InChI is InChI=1S/C21H24N4O2/c1-21(2,3)20-24-17(25-27-20)14-22-18(15-10-6-4-7-11-15)19(26)23-16-12-8-5-9-13-16/h4-13,18,22H,14H2,1-3H3,(H,23,26)/t18-/m1/s1. The zero-order valence-corrected chi connectivity index (χ0v) is 15.8. The molecule has 0 fully saturated rings. The molecule has 0 saturated carbocycles. The zero-order chi connectivity index (χ0) is 19.3. The van der Waals surface area contributed by atoms with Gasteiger partial charge >= 0.3 is 0 Å². The number of nitrogens with one attached hydrogen (secondary N) is 2. The molecule has 3 aromatic rings. The van der Waals surface area contributed by atoms with Crippen LogP contribution in [0.4, 0.5) is 5.69 Å². The van der Waals surface area contributed by atoms with Crippen molar-refractivity contribution in [3.8, 4) is 0 Å². The van der Waals surface area contributed by atoms with Gasteiger partial charge in [-0.2, -0.15) is 4.98 Å². The number of amides is 1. The summed E-state index contributed by atoms with van der Waals surface area (Å²) in [6.45, 7) is 6.36. The first-order valence-electron chi connectivity index (χ1n) is 8.91. The Kier molecular flexibility index (Phi) is 5.66. The molecule has 0 radical (unpaired) electrons. The van der Waals surface area contributed by atoms with Gasteiger partial charge in [0.05, 0.1) is 6.54 Å². The number of aromatic nitrogens is 2. The number of rotatable bonds is 6.